The summed E-state index contributed by atoms with van der Waals surface area (Å²) in [5, 5.41) is 0.339. The fraction of sp³-hybridized carbons (Fsp3) is 0.429. The first-order valence-electron chi connectivity index (χ1n) is 6.24. The molecule has 1 heterocycles. The molecule has 1 saturated carbocycles. The third kappa shape index (κ3) is 1.48. The van der Waals surface area contributed by atoms with Crippen LogP contribution in [0.25, 0.3) is 11.0 Å². The summed E-state index contributed by atoms with van der Waals surface area (Å²) in [5.41, 5.74) is 5.66. The van der Waals surface area contributed by atoms with Crippen molar-refractivity contribution in [1.29, 1.82) is 0 Å². The predicted molar refractivity (Wildman–Crippen MR) is 65.3 cm³/mol. The molecule has 2 nitrogen and oxygen atoms in total. The van der Waals surface area contributed by atoms with Crippen LogP contribution in [-0.2, 0) is 5.41 Å². The largest absolute Gasteiger partial charge is 0.464 e. The van der Waals surface area contributed by atoms with Gasteiger partial charge in [-0.15, -0.1) is 0 Å². The summed E-state index contributed by atoms with van der Waals surface area (Å²) < 4.78 is 33.7. The number of halogens is 2. The molecule has 0 radical (unpaired) electrons. The van der Waals surface area contributed by atoms with E-state index >= 15 is 0 Å². The van der Waals surface area contributed by atoms with Gasteiger partial charge in [0.25, 0.3) is 0 Å². The van der Waals surface area contributed by atoms with Crippen LogP contribution in [0.15, 0.2) is 22.8 Å². The Bertz CT molecular complexity index is 585. The van der Waals surface area contributed by atoms with Crippen molar-refractivity contribution in [3.8, 4) is 0 Å². The monoisotopic (exact) mass is 251 g/mol. The van der Waals surface area contributed by atoms with Crippen molar-refractivity contribution in [2.75, 3.05) is 6.54 Å². The minimum atomic E-state index is -0.542. The maximum absolute atomic E-state index is 14.5. The average molecular weight is 251 g/mol. The van der Waals surface area contributed by atoms with Gasteiger partial charge in [0, 0.05) is 23.6 Å². The highest BCUT2D eigenvalue weighted by molar-refractivity contribution is 5.79. The molecule has 0 amide bonds. The molecule has 3 rings (SSSR count). The Morgan fingerprint density at radius 3 is 2.67 bits per heavy atom. The van der Waals surface area contributed by atoms with E-state index in [1.54, 1.807) is 0 Å². The minimum absolute atomic E-state index is 0.149. The van der Waals surface area contributed by atoms with Crippen LogP contribution in [0.1, 0.15) is 31.2 Å². The smallest absolute Gasteiger partial charge is 0.141 e. The Balaban J connectivity index is 2.27. The lowest BCUT2D eigenvalue weighted by Crippen LogP contribution is -2.34. The maximum atomic E-state index is 14.5. The standard InChI is InChI=1S/C14H15F2NO/c15-10-7-11-9(3-6-18-11)13(16)12(10)14(8-17)4-1-2-5-14/h3,6-7H,1-2,4-5,8,17H2. The molecule has 96 valence electrons. The zero-order chi connectivity index (χ0) is 12.8. The molecule has 1 aromatic carbocycles. The van der Waals surface area contributed by atoms with Crippen molar-refractivity contribution < 1.29 is 13.2 Å². The molecule has 1 aliphatic rings. The van der Waals surface area contributed by atoms with E-state index in [-0.39, 0.29) is 17.7 Å². The highest BCUT2D eigenvalue weighted by Gasteiger charge is 2.39. The van der Waals surface area contributed by atoms with Gasteiger partial charge in [-0.3, -0.25) is 0 Å². The molecule has 1 aromatic heterocycles. The molecule has 1 aliphatic carbocycles. The van der Waals surface area contributed by atoms with Crippen LogP contribution in [0.5, 0.6) is 0 Å². The Morgan fingerprint density at radius 1 is 1.28 bits per heavy atom. The maximum Gasteiger partial charge on any atom is 0.141 e. The highest BCUT2D eigenvalue weighted by atomic mass is 19.1. The fourth-order valence-corrected chi connectivity index (χ4v) is 3.13. The first kappa shape index (κ1) is 11.7. The van der Waals surface area contributed by atoms with E-state index in [9.17, 15) is 8.78 Å². The molecular formula is C14H15F2NO. The van der Waals surface area contributed by atoms with E-state index in [0.29, 0.717) is 5.39 Å². The van der Waals surface area contributed by atoms with E-state index in [1.165, 1.54) is 18.4 Å². The molecule has 2 N–H and O–H groups in total. The first-order valence-corrected chi connectivity index (χ1v) is 6.24. The van der Waals surface area contributed by atoms with Gasteiger partial charge in [0.1, 0.15) is 17.2 Å². The number of rotatable bonds is 2. The van der Waals surface area contributed by atoms with Gasteiger partial charge in [0.15, 0.2) is 0 Å². The molecule has 0 spiro atoms. The SMILES string of the molecule is NCC1(c2c(F)cc3occc3c2F)CCCC1. The Hall–Kier alpha value is -1.42. The molecule has 0 aliphatic heterocycles. The van der Waals surface area contributed by atoms with Gasteiger partial charge in [-0.25, -0.2) is 8.78 Å². The van der Waals surface area contributed by atoms with Crippen molar-refractivity contribution in [2.24, 2.45) is 5.73 Å². The second-order valence-electron chi connectivity index (χ2n) is 5.07. The van der Waals surface area contributed by atoms with Gasteiger partial charge in [-0.2, -0.15) is 0 Å². The third-order valence-electron chi connectivity index (χ3n) is 4.13. The molecule has 1 fully saturated rings. The van der Waals surface area contributed by atoms with E-state index in [1.807, 2.05) is 0 Å². The van der Waals surface area contributed by atoms with Crippen LogP contribution < -0.4 is 5.73 Å². The Labute approximate surface area is 104 Å². The predicted octanol–water partition coefficient (Wildman–Crippen LogP) is 3.48. The van der Waals surface area contributed by atoms with Gasteiger partial charge in [0.2, 0.25) is 0 Å². The highest BCUT2D eigenvalue weighted by Crippen LogP contribution is 2.44. The molecule has 0 unspecified atom stereocenters. The number of nitrogens with two attached hydrogens (primary N) is 1. The summed E-state index contributed by atoms with van der Waals surface area (Å²) >= 11 is 0. The van der Waals surface area contributed by atoms with Gasteiger partial charge < -0.3 is 10.2 Å². The average Bonchev–Trinajstić information content (AvgIpc) is 2.98. The second-order valence-corrected chi connectivity index (χ2v) is 5.07. The topological polar surface area (TPSA) is 39.2 Å². The van der Waals surface area contributed by atoms with Crippen molar-refractivity contribution in [2.45, 2.75) is 31.1 Å². The number of hydrogen-bond donors (Lipinski definition) is 1. The fourth-order valence-electron chi connectivity index (χ4n) is 3.13. The van der Waals surface area contributed by atoms with Crippen molar-refractivity contribution >= 4 is 11.0 Å². The Kier molecular flexibility index (Phi) is 2.63. The minimum Gasteiger partial charge on any atom is -0.464 e. The molecular weight excluding hydrogens is 236 g/mol. The van der Waals surface area contributed by atoms with Crippen LogP contribution in [0.2, 0.25) is 0 Å². The third-order valence-corrected chi connectivity index (χ3v) is 4.13. The van der Waals surface area contributed by atoms with Gasteiger partial charge in [-0.05, 0) is 18.9 Å². The zero-order valence-corrected chi connectivity index (χ0v) is 10.0. The van der Waals surface area contributed by atoms with Crippen LogP contribution in [-0.4, -0.2) is 6.54 Å². The molecule has 0 atom stereocenters. The van der Waals surface area contributed by atoms with Crippen molar-refractivity contribution in [1.82, 2.24) is 0 Å². The number of hydrogen-bond acceptors (Lipinski definition) is 2. The van der Waals surface area contributed by atoms with Crippen molar-refractivity contribution in [3.05, 3.63) is 35.6 Å². The summed E-state index contributed by atoms with van der Waals surface area (Å²) in [7, 11) is 0. The lowest BCUT2D eigenvalue weighted by Gasteiger charge is -2.28. The summed E-state index contributed by atoms with van der Waals surface area (Å²) in [6.07, 6.45) is 4.82. The van der Waals surface area contributed by atoms with Gasteiger partial charge in [-0.1, -0.05) is 12.8 Å². The summed E-state index contributed by atoms with van der Waals surface area (Å²) in [6.45, 7) is 0.282. The van der Waals surface area contributed by atoms with E-state index in [0.717, 1.165) is 25.7 Å². The first-order chi connectivity index (χ1) is 8.68. The molecule has 18 heavy (non-hydrogen) atoms. The van der Waals surface area contributed by atoms with Gasteiger partial charge >= 0.3 is 0 Å². The molecule has 0 saturated heterocycles. The molecule has 2 aromatic rings. The summed E-state index contributed by atoms with van der Waals surface area (Å²) in [6, 6.07) is 2.80. The summed E-state index contributed by atoms with van der Waals surface area (Å²) in [4.78, 5) is 0. The van der Waals surface area contributed by atoms with Gasteiger partial charge in [0.05, 0.1) is 11.6 Å². The molecule has 4 heteroatoms. The van der Waals surface area contributed by atoms with Crippen molar-refractivity contribution in [3.63, 3.8) is 0 Å². The lowest BCUT2D eigenvalue weighted by molar-refractivity contribution is 0.402. The normalized spacial score (nSPS) is 18.6. The summed E-state index contributed by atoms with van der Waals surface area (Å²) in [5.74, 6) is -1.05. The number of fused-ring (bicyclic) bond motifs is 1. The van der Waals surface area contributed by atoms with Crippen LogP contribution in [0.3, 0.4) is 0 Å². The quantitative estimate of drug-likeness (QED) is 0.887. The van der Waals surface area contributed by atoms with E-state index < -0.39 is 17.0 Å². The number of benzene rings is 1. The van der Waals surface area contributed by atoms with E-state index in [4.69, 9.17) is 10.2 Å². The Morgan fingerprint density at radius 2 is 2.00 bits per heavy atom. The van der Waals surface area contributed by atoms with E-state index in [2.05, 4.69) is 0 Å². The lowest BCUT2D eigenvalue weighted by atomic mass is 9.78. The zero-order valence-electron chi connectivity index (χ0n) is 10.0. The second kappa shape index (κ2) is 4.05. The van der Waals surface area contributed by atoms with Crippen LogP contribution in [0.4, 0.5) is 8.78 Å². The van der Waals surface area contributed by atoms with Crippen LogP contribution in [0, 0.1) is 11.6 Å². The molecule has 0 bridgehead atoms. The van der Waals surface area contributed by atoms with Crippen LogP contribution >= 0.6 is 0 Å². The number of furan rings is 1.